The molecule has 0 aliphatic heterocycles. The lowest BCUT2D eigenvalue weighted by Gasteiger charge is -1.85. The smallest absolute Gasteiger partial charge is 0.00934 e. The fourth-order valence-electron chi connectivity index (χ4n) is 0.816. The zero-order valence-electron chi connectivity index (χ0n) is 7.39. The van der Waals surface area contributed by atoms with Crippen molar-refractivity contribution in [1.82, 2.24) is 0 Å². The van der Waals surface area contributed by atoms with Crippen molar-refractivity contribution in [3.63, 3.8) is 0 Å². The van der Waals surface area contributed by atoms with E-state index in [2.05, 4.69) is 6.58 Å². The highest BCUT2D eigenvalue weighted by molar-refractivity contribution is 7.07. The lowest BCUT2D eigenvalue weighted by atomic mass is 10.2. The number of hydrogen-bond acceptors (Lipinski definition) is 1. The highest BCUT2D eigenvalue weighted by Crippen LogP contribution is 1.97. The zero-order chi connectivity index (χ0) is 9.36. The van der Waals surface area contributed by atoms with Gasteiger partial charge in [0.1, 0.15) is 0 Å². The first kappa shape index (κ1) is 9.75. The Morgan fingerprint density at radius 3 is 1.85 bits per heavy atom. The first-order valence-corrected chi connectivity index (χ1v) is 5.02. The minimum Gasteiger partial charge on any atom is -0.152 e. The van der Waals surface area contributed by atoms with Crippen LogP contribution in [-0.2, 0) is 0 Å². The van der Waals surface area contributed by atoms with Gasteiger partial charge in [-0.15, -0.1) is 0 Å². The number of hydrogen-bond donors (Lipinski definition) is 0. The van der Waals surface area contributed by atoms with Crippen LogP contribution in [0, 0.1) is 0 Å². The van der Waals surface area contributed by atoms with E-state index in [4.69, 9.17) is 0 Å². The predicted octanol–water partition coefficient (Wildman–Crippen LogP) is 4.08. The molecule has 0 aliphatic rings. The maximum Gasteiger partial charge on any atom is -0.00934 e. The van der Waals surface area contributed by atoms with Crippen LogP contribution in [0.25, 0.3) is 6.08 Å². The number of rotatable bonds is 1. The predicted molar refractivity (Wildman–Crippen MR) is 60.9 cm³/mol. The van der Waals surface area contributed by atoms with Crippen molar-refractivity contribution >= 4 is 17.4 Å². The molecule has 2 rings (SSSR count). The quantitative estimate of drug-likeness (QED) is 0.632. The van der Waals surface area contributed by atoms with Gasteiger partial charge in [-0.05, 0) is 16.3 Å². The van der Waals surface area contributed by atoms with Crippen LogP contribution >= 0.6 is 11.3 Å². The van der Waals surface area contributed by atoms with Crippen LogP contribution in [0.15, 0.2) is 59.8 Å². The fraction of sp³-hybridized carbons (Fsp3) is 0. The first-order valence-electron chi connectivity index (χ1n) is 4.08. The van der Waals surface area contributed by atoms with E-state index in [1.807, 2.05) is 59.3 Å². The molecule has 1 heteroatoms. The lowest BCUT2D eigenvalue weighted by molar-refractivity contribution is 1.67. The van der Waals surface area contributed by atoms with Crippen molar-refractivity contribution in [2.75, 3.05) is 0 Å². The van der Waals surface area contributed by atoms with Crippen LogP contribution in [0.5, 0.6) is 0 Å². The van der Waals surface area contributed by atoms with Gasteiger partial charge < -0.3 is 0 Å². The highest BCUT2D eigenvalue weighted by Gasteiger charge is 1.75. The highest BCUT2D eigenvalue weighted by atomic mass is 32.1. The van der Waals surface area contributed by atoms with E-state index in [0.717, 1.165) is 0 Å². The summed E-state index contributed by atoms with van der Waals surface area (Å²) in [5.74, 6) is 0. The molecule has 0 nitrogen and oxygen atoms in total. The average molecular weight is 188 g/mol. The van der Waals surface area contributed by atoms with Crippen LogP contribution in [-0.4, -0.2) is 0 Å². The van der Waals surface area contributed by atoms with Gasteiger partial charge >= 0.3 is 0 Å². The molecule has 0 fully saturated rings. The first-order chi connectivity index (χ1) is 6.43. The largest absolute Gasteiger partial charge is 0.152 e. The maximum absolute atomic E-state index is 3.63. The van der Waals surface area contributed by atoms with E-state index in [-0.39, 0.29) is 0 Å². The molecule has 0 aliphatic carbocycles. The second-order valence-electron chi connectivity index (χ2n) is 2.41. The molecule has 0 N–H and O–H groups in total. The molecule has 2 aromatic rings. The molecule has 0 spiro atoms. The number of thiophene rings is 1. The van der Waals surface area contributed by atoms with Crippen LogP contribution in [0.3, 0.4) is 0 Å². The molecule has 0 saturated carbocycles. The molecule has 0 amide bonds. The summed E-state index contributed by atoms with van der Waals surface area (Å²) in [7, 11) is 0. The Bertz CT molecular complexity index is 291. The van der Waals surface area contributed by atoms with Crippen molar-refractivity contribution in [1.29, 1.82) is 0 Å². The van der Waals surface area contributed by atoms with E-state index in [1.54, 1.807) is 11.3 Å². The Morgan fingerprint density at radius 2 is 1.54 bits per heavy atom. The van der Waals surface area contributed by atoms with E-state index in [0.29, 0.717) is 0 Å². The zero-order valence-corrected chi connectivity index (χ0v) is 8.21. The van der Waals surface area contributed by atoms with Gasteiger partial charge in [0.15, 0.2) is 0 Å². The topological polar surface area (TPSA) is 0 Å². The van der Waals surface area contributed by atoms with Crippen molar-refractivity contribution < 1.29 is 0 Å². The van der Waals surface area contributed by atoms with Crippen LogP contribution in [0.4, 0.5) is 0 Å². The van der Waals surface area contributed by atoms with Gasteiger partial charge in [0.2, 0.25) is 0 Å². The molecule has 13 heavy (non-hydrogen) atoms. The third-order valence-electron chi connectivity index (χ3n) is 1.46. The van der Waals surface area contributed by atoms with E-state index < -0.39 is 0 Å². The molecule has 0 radical (unpaired) electrons. The summed E-state index contributed by atoms with van der Waals surface area (Å²) in [6, 6.07) is 14.1. The van der Waals surface area contributed by atoms with Crippen LogP contribution in [0.1, 0.15) is 5.56 Å². The summed E-state index contributed by atoms with van der Waals surface area (Å²) >= 11 is 1.71. The number of benzene rings is 1. The summed E-state index contributed by atoms with van der Waals surface area (Å²) in [4.78, 5) is 0. The summed E-state index contributed by atoms with van der Waals surface area (Å²) in [5.41, 5.74) is 1.17. The molecule has 0 saturated heterocycles. The van der Waals surface area contributed by atoms with Gasteiger partial charge in [0.05, 0.1) is 0 Å². The van der Waals surface area contributed by atoms with Gasteiger partial charge in [-0.25, -0.2) is 0 Å². The lowest BCUT2D eigenvalue weighted by Crippen LogP contribution is -1.63. The molecule has 66 valence electrons. The van der Waals surface area contributed by atoms with Crippen molar-refractivity contribution in [2.24, 2.45) is 0 Å². The normalized spacial score (nSPS) is 8.31. The maximum atomic E-state index is 3.63. The molecule has 1 heterocycles. The summed E-state index contributed by atoms with van der Waals surface area (Å²) in [6.45, 7) is 3.63. The van der Waals surface area contributed by atoms with Gasteiger partial charge in [0.25, 0.3) is 0 Å². The average Bonchev–Trinajstić information content (AvgIpc) is 2.77. The fourth-order valence-corrected chi connectivity index (χ4v) is 1.27. The third-order valence-corrected chi connectivity index (χ3v) is 2.09. The summed E-state index contributed by atoms with van der Waals surface area (Å²) in [5, 5.41) is 4.08. The molecule has 1 aromatic carbocycles. The molecule has 0 atom stereocenters. The summed E-state index contributed by atoms with van der Waals surface area (Å²) in [6.07, 6.45) is 1.83. The van der Waals surface area contributed by atoms with E-state index in [1.165, 1.54) is 5.56 Å². The second-order valence-corrected chi connectivity index (χ2v) is 3.22. The molecule has 1 aromatic heterocycles. The Morgan fingerprint density at radius 1 is 0.923 bits per heavy atom. The van der Waals surface area contributed by atoms with Gasteiger partial charge in [0, 0.05) is 0 Å². The van der Waals surface area contributed by atoms with E-state index >= 15 is 0 Å². The molecular formula is C12H12S. The monoisotopic (exact) mass is 188 g/mol. The van der Waals surface area contributed by atoms with Gasteiger partial charge in [-0.2, -0.15) is 11.3 Å². The summed E-state index contributed by atoms with van der Waals surface area (Å²) < 4.78 is 0. The minimum absolute atomic E-state index is 1.17. The van der Waals surface area contributed by atoms with Crippen molar-refractivity contribution in [3.05, 3.63) is 65.4 Å². The standard InChI is InChI=1S/C8H8.C4H4S/c1-2-8-6-4-3-5-7-8;1-2-4-5-3-1/h2-7H,1H2;1-4H. The van der Waals surface area contributed by atoms with E-state index in [9.17, 15) is 0 Å². The van der Waals surface area contributed by atoms with Crippen LogP contribution < -0.4 is 0 Å². The van der Waals surface area contributed by atoms with Gasteiger partial charge in [-0.3, -0.25) is 0 Å². The minimum atomic E-state index is 1.17. The van der Waals surface area contributed by atoms with Crippen molar-refractivity contribution in [3.8, 4) is 0 Å². The third kappa shape index (κ3) is 4.28. The second kappa shape index (κ2) is 6.21. The van der Waals surface area contributed by atoms with Crippen LogP contribution in [0.2, 0.25) is 0 Å². The molecule has 0 bridgehead atoms. The Balaban J connectivity index is 0.000000145. The molecule has 0 unspecified atom stereocenters. The Labute approximate surface area is 83.2 Å². The Kier molecular flexibility index (Phi) is 4.65. The van der Waals surface area contributed by atoms with Crippen molar-refractivity contribution in [2.45, 2.75) is 0 Å². The SMILES string of the molecule is C=Cc1ccccc1.c1ccsc1. The molecular weight excluding hydrogens is 176 g/mol. The Hall–Kier alpha value is -1.34. The van der Waals surface area contributed by atoms with Gasteiger partial charge in [-0.1, -0.05) is 55.1 Å².